The van der Waals surface area contributed by atoms with Crippen molar-refractivity contribution in [3.05, 3.63) is 59.7 Å². The highest BCUT2D eigenvalue weighted by molar-refractivity contribution is 7.92. The summed E-state index contributed by atoms with van der Waals surface area (Å²) in [5.41, 5.74) is 2.29. The third-order valence-electron chi connectivity index (χ3n) is 4.26. The van der Waals surface area contributed by atoms with E-state index in [4.69, 9.17) is 0 Å². The minimum Gasteiger partial charge on any atom is -0.388 e. The summed E-state index contributed by atoms with van der Waals surface area (Å²) in [6.07, 6.45) is 1.57. The standard InChI is InChI=1S/C18H21NO3S/c1-14-9-11-15(12-10-14)23(21,22)19-13-5-4-8-18(20)16-6-2-3-7-17(16)19/h2-3,6-7,9-12,18,20H,4-5,8,13H2,1H3. The number of hydrogen-bond donors (Lipinski definition) is 1. The molecule has 1 unspecified atom stereocenters. The molecule has 0 radical (unpaired) electrons. The number of anilines is 1. The van der Waals surface area contributed by atoms with Gasteiger partial charge < -0.3 is 5.11 Å². The maximum Gasteiger partial charge on any atom is 0.264 e. The maximum atomic E-state index is 13.1. The number of nitrogens with zero attached hydrogens (tertiary/aromatic N) is 1. The van der Waals surface area contributed by atoms with Crippen LogP contribution < -0.4 is 4.31 Å². The van der Waals surface area contributed by atoms with Crippen molar-refractivity contribution in [1.29, 1.82) is 0 Å². The van der Waals surface area contributed by atoms with Crippen molar-refractivity contribution < 1.29 is 13.5 Å². The summed E-state index contributed by atoms with van der Waals surface area (Å²) in [6, 6.07) is 14.1. The quantitative estimate of drug-likeness (QED) is 0.917. The summed E-state index contributed by atoms with van der Waals surface area (Å²) < 4.78 is 27.6. The molecule has 122 valence electrons. The minimum atomic E-state index is -3.63. The van der Waals surface area contributed by atoms with E-state index in [1.165, 1.54) is 4.31 Å². The summed E-state index contributed by atoms with van der Waals surface area (Å²) in [5.74, 6) is 0. The smallest absolute Gasteiger partial charge is 0.264 e. The van der Waals surface area contributed by atoms with Crippen molar-refractivity contribution in [1.82, 2.24) is 0 Å². The molecule has 0 saturated heterocycles. The van der Waals surface area contributed by atoms with Crippen LogP contribution in [0.3, 0.4) is 0 Å². The van der Waals surface area contributed by atoms with Crippen LogP contribution in [-0.2, 0) is 10.0 Å². The Hall–Kier alpha value is -1.85. The van der Waals surface area contributed by atoms with Gasteiger partial charge in [-0.25, -0.2) is 8.42 Å². The van der Waals surface area contributed by atoms with Crippen LogP contribution in [0.4, 0.5) is 5.69 Å². The van der Waals surface area contributed by atoms with Gasteiger partial charge in [-0.1, -0.05) is 35.9 Å². The van der Waals surface area contributed by atoms with Gasteiger partial charge in [0, 0.05) is 12.1 Å². The van der Waals surface area contributed by atoms with E-state index in [0.717, 1.165) is 18.4 Å². The second-order valence-corrected chi connectivity index (χ2v) is 7.82. The van der Waals surface area contributed by atoms with Gasteiger partial charge in [0.1, 0.15) is 0 Å². The van der Waals surface area contributed by atoms with E-state index in [2.05, 4.69) is 0 Å². The number of para-hydroxylation sites is 1. The number of benzene rings is 2. The van der Waals surface area contributed by atoms with E-state index in [1.807, 2.05) is 25.1 Å². The predicted molar refractivity (Wildman–Crippen MR) is 91.0 cm³/mol. The van der Waals surface area contributed by atoms with Gasteiger partial charge in [0.25, 0.3) is 10.0 Å². The Bertz CT molecular complexity index is 784. The Balaban J connectivity index is 2.10. The molecular formula is C18H21NO3S. The van der Waals surface area contributed by atoms with E-state index in [-0.39, 0.29) is 4.90 Å². The molecular weight excluding hydrogens is 310 g/mol. The molecule has 1 aliphatic heterocycles. The van der Waals surface area contributed by atoms with Crippen LogP contribution in [0.1, 0.15) is 36.5 Å². The fraction of sp³-hybridized carbons (Fsp3) is 0.333. The zero-order valence-electron chi connectivity index (χ0n) is 13.1. The van der Waals surface area contributed by atoms with Crippen molar-refractivity contribution >= 4 is 15.7 Å². The van der Waals surface area contributed by atoms with Crippen LogP contribution in [0, 0.1) is 6.92 Å². The first-order valence-electron chi connectivity index (χ1n) is 7.86. The van der Waals surface area contributed by atoms with Gasteiger partial charge in [0.15, 0.2) is 0 Å². The molecule has 0 aromatic heterocycles. The molecule has 1 aliphatic rings. The average molecular weight is 331 g/mol. The van der Waals surface area contributed by atoms with Gasteiger partial charge >= 0.3 is 0 Å². The first-order valence-corrected chi connectivity index (χ1v) is 9.30. The Morgan fingerprint density at radius 1 is 1.04 bits per heavy atom. The van der Waals surface area contributed by atoms with Gasteiger partial charge in [0.2, 0.25) is 0 Å². The van der Waals surface area contributed by atoms with Gasteiger partial charge in [-0.2, -0.15) is 0 Å². The fourth-order valence-corrected chi connectivity index (χ4v) is 4.48. The van der Waals surface area contributed by atoms with Crippen LogP contribution in [0.15, 0.2) is 53.4 Å². The molecule has 4 nitrogen and oxygen atoms in total. The summed E-state index contributed by atoms with van der Waals surface area (Å²) in [5, 5.41) is 10.3. The Labute approximate surface area is 137 Å². The second-order valence-electron chi connectivity index (χ2n) is 5.96. The maximum absolute atomic E-state index is 13.1. The molecule has 2 aromatic rings. The first kappa shape index (κ1) is 16.0. The largest absolute Gasteiger partial charge is 0.388 e. The van der Waals surface area contributed by atoms with Crippen LogP contribution >= 0.6 is 0 Å². The highest BCUT2D eigenvalue weighted by Crippen LogP contribution is 2.35. The summed E-state index contributed by atoms with van der Waals surface area (Å²) in [6.45, 7) is 2.36. The van der Waals surface area contributed by atoms with Crippen molar-refractivity contribution in [2.75, 3.05) is 10.8 Å². The van der Waals surface area contributed by atoms with Crippen LogP contribution in [0.5, 0.6) is 0 Å². The molecule has 0 bridgehead atoms. The van der Waals surface area contributed by atoms with Crippen molar-refractivity contribution in [3.63, 3.8) is 0 Å². The SMILES string of the molecule is Cc1ccc(S(=O)(=O)N2CCCCC(O)c3ccccc32)cc1. The van der Waals surface area contributed by atoms with Crippen molar-refractivity contribution in [2.45, 2.75) is 37.2 Å². The molecule has 2 aromatic carbocycles. The molecule has 0 aliphatic carbocycles. The predicted octanol–water partition coefficient (Wildman–Crippen LogP) is 3.41. The third-order valence-corrected chi connectivity index (χ3v) is 6.09. The van der Waals surface area contributed by atoms with Gasteiger partial charge in [-0.05, 0) is 44.4 Å². The highest BCUT2D eigenvalue weighted by Gasteiger charge is 2.29. The fourth-order valence-electron chi connectivity index (χ4n) is 2.95. The molecule has 3 rings (SSSR count). The molecule has 23 heavy (non-hydrogen) atoms. The first-order chi connectivity index (χ1) is 11.0. The Morgan fingerprint density at radius 2 is 1.74 bits per heavy atom. The lowest BCUT2D eigenvalue weighted by Crippen LogP contribution is -2.34. The molecule has 5 heteroatoms. The number of rotatable bonds is 2. The lowest BCUT2D eigenvalue weighted by molar-refractivity contribution is 0.163. The summed E-state index contributed by atoms with van der Waals surface area (Å²) >= 11 is 0. The molecule has 1 heterocycles. The number of aliphatic hydroxyl groups is 1. The Kier molecular flexibility index (Phi) is 4.41. The van der Waals surface area contributed by atoms with E-state index in [1.54, 1.807) is 30.3 Å². The highest BCUT2D eigenvalue weighted by atomic mass is 32.2. The molecule has 0 fully saturated rings. The van der Waals surface area contributed by atoms with Gasteiger partial charge in [-0.15, -0.1) is 0 Å². The van der Waals surface area contributed by atoms with Crippen molar-refractivity contribution in [3.8, 4) is 0 Å². The molecule has 0 amide bonds. The second kappa shape index (κ2) is 6.34. The zero-order valence-corrected chi connectivity index (χ0v) is 14.0. The average Bonchev–Trinajstić information content (AvgIpc) is 2.53. The number of hydrogen-bond acceptors (Lipinski definition) is 3. The summed E-state index contributed by atoms with van der Waals surface area (Å²) in [7, 11) is -3.63. The number of sulfonamides is 1. The van der Waals surface area contributed by atoms with Gasteiger partial charge in [-0.3, -0.25) is 4.31 Å². The molecule has 0 spiro atoms. The number of aliphatic hydroxyl groups excluding tert-OH is 1. The van der Waals surface area contributed by atoms with Crippen LogP contribution in [0.25, 0.3) is 0 Å². The third kappa shape index (κ3) is 3.12. The molecule has 1 atom stereocenters. The van der Waals surface area contributed by atoms with Gasteiger partial charge in [0.05, 0.1) is 16.7 Å². The number of aryl methyl sites for hydroxylation is 1. The molecule has 1 N–H and O–H groups in total. The minimum absolute atomic E-state index is 0.285. The summed E-state index contributed by atoms with van der Waals surface area (Å²) in [4.78, 5) is 0.285. The zero-order chi connectivity index (χ0) is 16.4. The Morgan fingerprint density at radius 3 is 2.48 bits per heavy atom. The lowest BCUT2D eigenvalue weighted by atomic mass is 10.00. The van der Waals surface area contributed by atoms with E-state index in [9.17, 15) is 13.5 Å². The number of fused-ring (bicyclic) bond motifs is 1. The normalized spacial score (nSPS) is 18.9. The van der Waals surface area contributed by atoms with E-state index >= 15 is 0 Å². The van der Waals surface area contributed by atoms with Crippen LogP contribution in [-0.4, -0.2) is 20.1 Å². The monoisotopic (exact) mass is 331 g/mol. The lowest BCUT2D eigenvalue weighted by Gasteiger charge is -2.30. The topological polar surface area (TPSA) is 57.6 Å². The molecule has 0 saturated carbocycles. The van der Waals surface area contributed by atoms with Crippen LogP contribution in [0.2, 0.25) is 0 Å². The van der Waals surface area contributed by atoms with E-state index < -0.39 is 16.1 Å². The van der Waals surface area contributed by atoms with Crippen molar-refractivity contribution in [2.24, 2.45) is 0 Å². The van der Waals surface area contributed by atoms with E-state index in [0.29, 0.717) is 24.2 Å².